The Morgan fingerprint density at radius 2 is 1.55 bits per heavy atom. The van der Waals surface area contributed by atoms with Crippen molar-refractivity contribution < 1.29 is 22.0 Å². The molecule has 0 radical (unpaired) electrons. The largest absolute Gasteiger partial charge is 0.322 e. The lowest BCUT2D eigenvalue weighted by Gasteiger charge is -2.10. The van der Waals surface area contributed by atoms with Gasteiger partial charge in [0.25, 0.3) is 15.9 Å². The van der Waals surface area contributed by atoms with Crippen LogP contribution in [0.4, 0.5) is 20.2 Å². The number of rotatable bonds is 8. The van der Waals surface area contributed by atoms with Crippen molar-refractivity contribution in [3.05, 3.63) is 89.5 Å². The lowest BCUT2D eigenvalue weighted by molar-refractivity contribution is 0.102. The SMILES string of the molecule is CCSCc1ccc(C(=O)Nc2ccc(NS(=O)(=O)c3ccc(F)c(F)c3)cc2)cc1. The second-order valence-electron chi connectivity index (χ2n) is 6.55. The Bertz CT molecular complexity index is 1170. The van der Waals surface area contributed by atoms with Gasteiger partial charge in [0.15, 0.2) is 11.6 Å². The van der Waals surface area contributed by atoms with Gasteiger partial charge in [-0.2, -0.15) is 11.8 Å². The molecule has 0 saturated heterocycles. The van der Waals surface area contributed by atoms with E-state index in [9.17, 15) is 22.0 Å². The number of halogens is 2. The summed E-state index contributed by atoms with van der Waals surface area (Å²) in [5.74, 6) is -0.758. The molecule has 162 valence electrons. The van der Waals surface area contributed by atoms with Gasteiger partial charge in [-0.25, -0.2) is 17.2 Å². The number of sulfonamides is 1. The van der Waals surface area contributed by atoms with Crippen LogP contribution in [0, 0.1) is 11.6 Å². The Labute approximate surface area is 183 Å². The molecule has 3 rings (SSSR count). The van der Waals surface area contributed by atoms with E-state index < -0.39 is 26.6 Å². The summed E-state index contributed by atoms with van der Waals surface area (Å²) in [6.45, 7) is 2.09. The molecule has 0 aliphatic rings. The summed E-state index contributed by atoms with van der Waals surface area (Å²) < 4.78 is 53.3. The fourth-order valence-electron chi connectivity index (χ4n) is 2.66. The number of benzene rings is 3. The summed E-state index contributed by atoms with van der Waals surface area (Å²) in [5, 5.41) is 2.74. The van der Waals surface area contributed by atoms with Gasteiger partial charge in [-0.3, -0.25) is 9.52 Å². The molecule has 0 spiro atoms. The smallest absolute Gasteiger partial charge is 0.261 e. The summed E-state index contributed by atoms with van der Waals surface area (Å²) in [4.78, 5) is 12.0. The van der Waals surface area contributed by atoms with E-state index in [0.717, 1.165) is 29.2 Å². The van der Waals surface area contributed by atoms with Gasteiger partial charge in [0.2, 0.25) is 0 Å². The van der Waals surface area contributed by atoms with Crippen LogP contribution < -0.4 is 10.0 Å². The average molecular weight is 463 g/mol. The number of thioether (sulfide) groups is 1. The predicted molar refractivity (Wildman–Crippen MR) is 120 cm³/mol. The van der Waals surface area contributed by atoms with E-state index >= 15 is 0 Å². The summed E-state index contributed by atoms with van der Waals surface area (Å²) in [5.41, 5.74) is 2.33. The van der Waals surface area contributed by atoms with Gasteiger partial charge < -0.3 is 5.32 Å². The van der Waals surface area contributed by atoms with Crippen molar-refractivity contribution in [3.63, 3.8) is 0 Å². The van der Waals surface area contributed by atoms with Crippen molar-refractivity contribution in [2.24, 2.45) is 0 Å². The van der Waals surface area contributed by atoms with Crippen molar-refractivity contribution in [2.75, 3.05) is 15.8 Å². The zero-order valence-electron chi connectivity index (χ0n) is 16.6. The van der Waals surface area contributed by atoms with E-state index in [1.54, 1.807) is 23.9 Å². The number of carbonyl (C=O) groups is 1. The summed E-state index contributed by atoms with van der Waals surface area (Å²) in [6.07, 6.45) is 0. The first-order chi connectivity index (χ1) is 14.8. The molecule has 0 saturated carbocycles. The van der Waals surface area contributed by atoms with Gasteiger partial charge in [0.1, 0.15) is 0 Å². The van der Waals surface area contributed by atoms with Gasteiger partial charge in [-0.05, 0) is 65.9 Å². The predicted octanol–water partition coefficient (Wildman–Crippen LogP) is 5.27. The minimum atomic E-state index is -4.09. The zero-order chi connectivity index (χ0) is 22.4. The number of anilines is 2. The van der Waals surface area contributed by atoms with Crippen molar-refractivity contribution in [2.45, 2.75) is 17.6 Å². The molecule has 1 amide bonds. The summed E-state index contributed by atoms with van der Waals surface area (Å²) in [6, 6.07) is 15.6. The standard InChI is InChI=1S/C22H20F2N2O3S2/c1-2-30-14-15-3-5-16(6-4-15)22(27)25-17-7-9-18(10-8-17)26-31(28,29)19-11-12-20(23)21(24)13-19/h3-13,26H,2,14H2,1H3,(H,25,27). The third-order valence-corrected chi connectivity index (χ3v) is 6.61. The Balaban J connectivity index is 1.64. The van der Waals surface area contributed by atoms with Gasteiger partial charge in [-0.15, -0.1) is 0 Å². The molecule has 3 aromatic rings. The molecule has 2 N–H and O–H groups in total. The normalized spacial score (nSPS) is 11.2. The van der Waals surface area contributed by atoms with Gasteiger partial charge in [0, 0.05) is 22.7 Å². The van der Waals surface area contributed by atoms with E-state index in [0.29, 0.717) is 17.3 Å². The molecule has 0 aliphatic heterocycles. The lowest BCUT2D eigenvalue weighted by atomic mass is 10.1. The minimum Gasteiger partial charge on any atom is -0.322 e. The molecular formula is C22H20F2N2O3S2. The maximum Gasteiger partial charge on any atom is 0.261 e. The van der Waals surface area contributed by atoms with Crippen molar-refractivity contribution in [3.8, 4) is 0 Å². The van der Waals surface area contributed by atoms with Crippen LogP contribution in [0.3, 0.4) is 0 Å². The monoisotopic (exact) mass is 462 g/mol. The van der Waals surface area contributed by atoms with E-state index in [1.807, 2.05) is 12.1 Å². The highest BCUT2D eigenvalue weighted by Crippen LogP contribution is 2.20. The summed E-state index contributed by atoms with van der Waals surface area (Å²) in [7, 11) is -4.09. The maximum absolute atomic E-state index is 13.3. The van der Waals surface area contributed by atoms with E-state index in [4.69, 9.17) is 0 Å². The van der Waals surface area contributed by atoms with Crippen molar-refractivity contribution >= 4 is 39.1 Å². The molecule has 0 aromatic heterocycles. The number of hydrogen-bond acceptors (Lipinski definition) is 4. The van der Waals surface area contributed by atoms with Gasteiger partial charge in [-0.1, -0.05) is 19.1 Å². The molecule has 0 unspecified atom stereocenters. The first kappa shape index (κ1) is 22.8. The third-order valence-electron chi connectivity index (χ3n) is 4.29. The highest BCUT2D eigenvalue weighted by molar-refractivity contribution is 7.98. The van der Waals surface area contributed by atoms with Crippen LogP contribution in [0.15, 0.2) is 71.6 Å². The number of hydrogen-bond donors (Lipinski definition) is 2. The first-order valence-electron chi connectivity index (χ1n) is 9.34. The zero-order valence-corrected chi connectivity index (χ0v) is 18.2. The van der Waals surface area contributed by atoms with Crippen molar-refractivity contribution in [1.29, 1.82) is 0 Å². The van der Waals surface area contributed by atoms with Crippen LogP contribution >= 0.6 is 11.8 Å². The molecule has 31 heavy (non-hydrogen) atoms. The van der Waals surface area contributed by atoms with E-state index in [1.165, 1.54) is 24.3 Å². The van der Waals surface area contributed by atoms with Crippen LogP contribution in [-0.4, -0.2) is 20.1 Å². The number of nitrogens with one attached hydrogen (secondary N) is 2. The van der Waals surface area contributed by atoms with Crippen LogP contribution in [0.2, 0.25) is 0 Å². The molecule has 3 aromatic carbocycles. The summed E-state index contributed by atoms with van der Waals surface area (Å²) >= 11 is 1.80. The molecule has 5 nitrogen and oxygen atoms in total. The number of amides is 1. The Morgan fingerprint density at radius 3 is 2.16 bits per heavy atom. The van der Waals surface area contributed by atoms with Gasteiger partial charge >= 0.3 is 0 Å². The quantitative estimate of drug-likeness (QED) is 0.478. The first-order valence-corrected chi connectivity index (χ1v) is 12.0. The Morgan fingerprint density at radius 1 is 0.903 bits per heavy atom. The van der Waals surface area contributed by atoms with E-state index in [2.05, 4.69) is 17.0 Å². The third kappa shape index (κ3) is 6.05. The maximum atomic E-state index is 13.3. The molecule has 0 heterocycles. The minimum absolute atomic E-state index is 0.209. The van der Waals surface area contributed by atoms with Gasteiger partial charge in [0.05, 0.1) is 4.90 Å². The molecule has 0 fully saturated rings. The Hall–Kier alpha value is -2.91. The van der Waals surface area contributed by atoms with Crippen molar-refractivity contribution in [1.82, 2.24) is 0 Å². The molecular weight excluding hydrogens is 442 g/mol. The second-order valence-corrected chi connectivity index (χ2v) is 9.50. The van der Waals surface area contributed by atoms with Crippen LogP contribution in [0.5, 0.6) is 0 Å². The van der Waals surface area contributed by atoms with Crippen LogP contribution in [-0.2, 0) is 15.8 Å². The highest BCUT2D eigenvalue weighted by Gasteiger charge is 2.17. The van der Waals surface area contributed by atoms with Crippen LogP contribution in [0.1, 0.15) is 22.8 Å². The fourth-order valence-corrected chi connectivity index (χ4v) is 4.36. The Kier molecular flexibility index (Phi) is 7.29. The highest BCUT2D eigenvalue weighted by atomic mass is 32.2. The number of carbonyl (C=O) groups excluding carboxylic acids is 1. The molecule has 9 heteroatoms. The molecule has 0 aliphatic carbocycles. The van der Waals surface area contributed by atoms with Crippen LogP contribution in [0.25, 0.3) is 0 Å². The molecule has 0 atom stereocenters. The van der Waals surface area contributed by atoms with E-state index in [-0.39, 0.29) is 11.6 Å². The average Bonchev–Trinajstić information content (AvgIpc) is 2.75. The molecule has 0 bridgehead atoms. The topological polar surface area (TPSA) is 75.3 Å². The lowest BCUT2D eigenvalue weighted by Crippen LogP contribution is -2.14. The second kappa shape index (κ2) is 9.93. The fraction of sp³-hybridized carbons (Fsp3) is 0.136.